The predicted octanol–water partition coefficient (Wildman–Crippen LogP) is 2.85. The van der Waals surface area contributed by atoms with E-state index in [0.717, 1.165) is 12.8 Å². The van der Waals surface area contributed by atoms with Crippen LogP contribution < -0.4 is 10.6 Å². The molecule has 2 aliphatic carbocycles. The highest BCUT2D eigenvalue weighted by Gasteiger charge is 2.48. The lowest BCUT2D eigenvalue weighted by molar-refractivity contribution is -0.125. The first kappa shape index (κ1) is 13.7. The van der Waals surface area contributed by atoms with Gasteiger partial charge >= 0.3 is 0 Å². The van der Waals surface area contributed by atoms with E-state index in [1.54, 1.807) is 18.2 Å². The number of hydrogen-bond donors (Lipinski definition) is 2. The number of benzene rings is 1. The van der Waals surface area contributed by atoms with Crippen LogP contribution in [0.3, 0.4) is 0 Å². The second-order valence-electron chi connectivity index (χ2n) is 5.34. The average Bonchev–Trinajstić information content (AvgIpc) is 3.25. The lowest BCUT2D eigenvalue weighted by atomic mass is 10.2. The molecule has 20 heavy (non-hydrogen) atoms. The molecular formula is C14H14Cl2N2O2. The van der Waals surface area contributed by atoms with Crippen molar-refractivity contribution < 1.29 is 9.59 Å². The Morgan fingerprint density at radius 1 is 1.10 bits per heavy atom. The summed E-state index contributed by atoms with van der Waals surface area (Å²) in [6.07, 6.45) is 2.70. The minimum atomic E-state index is -0.260. The number of halogens is 2. The third kappa shape index (κ3) is 3.07. The molecule has 0 radical (unpaired) electrons. The second kappa shape index (κ2) is 5.26. The van der Waals surface area contributed by atoms with Crippen molar-refractivity contribution in [3.63, 3.8) is 0 Å². The Morgan fingerprint density at radius 2 is 1.80 bits per heavy atom. The normalized spacial score (nSPS) is 24.1. The molecular weight excluding hydrogens is 299 g/mol. The van der Waals surface area contributed by atoms with E-state index in [1.165, 1.54) is 0 Å². The van der Waals surface area contributed by atoms with Crippen molar-refractivity contribution >= 4 is 40.7 Å². The van der Waals surface area contributed by atoms with Gasteiger partial charge in [-0.05, 0) is 37.5 Å². The molecule has 0 bridgehead atoms. The minimum Gasteiger partial charge on any atom is -0.353 e. The maximum atomic E-state index is 12.1. The van der Waals surface area contributed by atoms with Gasteiger partial charge in [0.2, 0.25) is 11.8 Å². The summed E-state index contributed by atoms with van der Waals surface area (Å²) >= 11 is 11.9. The number of rotatable bonds is 4. The van der Waals surface area contributed by atoms with Gasteiger partial charge in [-0.25, -0.2) is 0 Å². The Labute approximate surface area is 126 Å². The molecule has 0 spiro atoms. The third-order valence-corrected chi connectivity index (χ3v) is 4.14. The summed E-state index contributed by atoms with van der Waals surface area (Å²) in [6, 6.07) is 5.21. The van der Waals surface area contributed by atoms with Gasteiger partial charge in [-0.15, -0.1) is 0 Å². The Hall–Kier alpha value is -1.26. The minimum absolute atomic E-state index is 0.00941. The highest BCUT2D eigenvalue weighted by Crippen LogP contribution is 2.40. The van der Waals surface area contributed by atoms with Crippen molar-refractivity contribution in [2.75, 3.05) is 5.32 Å². The Bertz CT molecular complexity index is 572. The first-order chi connectivity index (χ1) is 9.54. The van der Waals surface area contributed by atoms with Crippen molar-refractivity contribution in [3.8, 4) is 0 Å². The number of amides is 2. The molecule has 4 nitrogen and oxygen atoms in total. The molecule has 2 saturated carbocycles. The fraction of sp³-hybridized carbons (Fsp3) is 0.429. The van der Waals surface area contributed by atoms with E-state index >= 15 is 0 Å². The van der Waals surface area contributed by atoms with E-state index in [9.17, 15) is 9.59 Å². The smallest absolute Gasteiger partial charge is 0.228 e. The average molecular weight is 313 g/mol. The molecule has 2 unspecified atom stereocenters. The van der Waals surface area contributed by atoms with Gasteiger partial charge in [-0.2, -0.15) is 0 Å². The van der Waals surface area contributed by atoms with Gasteiger partial charge < -0.3 is 10.6 Å². The van der Waals surface area contributed by atoms with Gasteiger partial charge in [-0.3, -0.25) is 9.59 Å². The van der Waals surface area contributed by atoms with Crippen LogP contribution in [0.4, 0.5) is 5.69 Å². The zero-order valence-corrected chi connectivity index (χ0v) is 12.2. The van der Waals surface area contributed by atoms with Gasteiger partial charge in [-0.1, -0.05) is 23.2 Å². The number of anilines is 1. The van der Waals surface area contributed by atoms with E-state index in [4.69, 9.17) is 23.2 Å². The van der Waals surface area contributed by atoms with Gasteiger partial charge in [0.1, 0.15) is 0 Å². The quantitative estimate of drug-likeness (QED) is 0.898. The Morgan fingerprint density at radius 3 is 2.50 bits per heavy atom. The summed E-state index contributed by atoms with van der Waals surface area (Å²) in [6.45, 7) is 0. The highest BCUT2D eigenvalue weighted by atomic mass is 35.5. The molecule has 2 atom stereocenters. The molecule has 0 heterocycles. The third-order valence-electron chi connectivity index (χ3n) is 3.57. The Kier molecular flexibility index (Phi) is 3.61. The van der Waals surface area contributed by atoms with E-state index in [2.05, 4.69) is 10.6 Å². The van der Waals surface area contributed by atoms with Crippen LogP contribution in [0.2, 0.25) is 10.0 Å². The zero-order chi connectivity index (χ0) is 14.3. The maximum Gasteiger partial charge on any atom is 0.228 e. The van der Waals surface area contributed by atoms with Crippen LogP contribution >= 0.6 is 23.2 Å². The molecule has 1 aromatic rings. The van der Waals surface area contributed by atoms with E-state index in [0.29, 0.717) is 28.2 Å². The van der Waals surface area contributed by atoms with E-state index in [1.807, 2.05) is 0 Å². The first-order valence-corrected chi connectivity index (χ1v) is 7.36. The molecule has 0 saturated heterocycles. The van der Waals surface area contributed by atoms with Gasteiger partial charge in [0, 0.05) is 11.1 Å². The van der Waals surface area contributed by atoms with Crippen LogP contribution in [0, 0.1) is 11.8 Å². The van der Waals surface area contributed by atoms with Crippen LogP contribution in [0.25, 0.3) is 0 Å². The molecule has 2 fully saturated rings. The SMILES string of the molecule is O=C(Nc1cc(Cl)ccc1Cl)C1CC1C(=O)NC1CC1. The molecule has 2 amide bonds. The number of carbonyl (C=O) groups excluding carboxylic acids is 2. The Balaban J connectivity index is 1.57. The lowest BCUT2D eigenvalue weighted by Crippen LogP contribution is -2.29. The van der Waals surface area contributed by atoms with Crippen molar-refractivity contribution in [1.29, 1.82) is 0 Å². The monoisotopic (exact) mass is 312 g/mol. The lowest BCUT2D eigenvalue weighted by Gasteiger charge is -2.07. The largest absolute Gasteiger partial charge is 0.353 e. The van der Waals surface area contributed by atoms with Crippen LogP contribution in [-0.4, -0.2) is 17.9 Å². The summed E-state index contributed by atoms with van der Waals surface area (Å²) in [4.78, 5) is 23.9. The fourth-order valence-electron chi connectivity index (χ4n) is 2.13. The second-order valence-corrected chi connectivity index (χ2v) is 6.19. The van der Waals surface area contributed by atoms with Crippen molar-refractivity contribution in [2.24, 2.45) is 11.8 Å². The predicted molar refractivity (Wildman–Crippen MR) is 77.9 cm³/mol. The van der Waals surface area contributed by atoms with Gasteiger partial charge in [0.05, 0.1) is 22.5 Å². The first-order valence-electron chi connectivity index (χ1n) is 6.61. The van der Waals surface area contributed by atoms with Crippen LogP contribution in [-0.2, 0) is 9.59 Å². The zero-order valence-electron chi connectivity index (χ0n) is 10.7. The van der Waals surface area contributed by atoms with Gasteiger partial charge in [0.15, 0.2) is 0 Å². The summed E-state index contributed by atoms with van der Waals surface area (Å²) < 4.78 is 0. The highest BCUT2D eigenvalue weighted by molar-refractivity contribution is 6.35. The van der Waals surface area contributed by atoms with Crippen LogP contribution in [0.15, 0.2) is 18.2 Å². The van der Waals surface area contributed by atoms with Crippen molar-refractivity contribution in [3.05, 3.63) is 28.2 Å². The van der Waals surface area contributed by atoms with E-state index < -0.39 is 0 Å². The summed E-state index contributed by atoms with van der Waals surface area (Å²) in [7, 11) is 0. The molecule has 6 heteroatoms. The molecule has 1 aromatic carbocycles. The van der Waals surface area contributed by atoms with Crippen molar-refractivity contribution in [2.45, 2.75) is 25.3 Å². The molecule has 0 aliphatic heterocycles. The molecule has 2 aliphatic rings. The number of nitrogens with one attached hydrogen (secondary N) is 2. The van der Waals surface area contributed by atoms with Gasteiger partial charge in [0.25, 0.3) is 0 Å². The number of hydrogen-bond acceptors (Lipinski definition) is 2. The van der Waals surface area contributed by atoms with E-state index in [-0.39, 0.29) is 23.7 Å². The van der Waals surface area contributed by atoms with Crippen molar-refractivity contribution in [1.82, 2.24) is 5.32 Å². The van der Waals surface area contributed by atoms with Crippen LogP contribution in [0.5, 0.6) is 0 Å². The maximum absolute atomic E-state index is 12.1. The summed E-state index contributed by atoms with van der Waals surface area (Å²) in [5, 5.41) is 6.59. The molecule has 2 N–H and O–H groups in total. The fourth-order valence-corrected chi connectivity index (χ4v) is 2.47. The molecule has 0 aromatic heterocycles. The topological polar surface area (TPSA) is 58.2 Å². The van der Waals surface area contributed by atoms with Crippen LogP contribution in [0.1, 0.15) is 19.3 Å². The standard InChI is InChI=1S/C14H14Cl2N2O2/c15-7-1-4-11(16)12(5-7)18-14(20)10-6-9(10)13(19)17-8-2-3-8/h1,4-5,8-10H,2-3,6H2,(H,17,19)(H,18,20). The molecule has 106 valence electrons. The summed E-state index contributed by atoms with van der Waals surface area (Å²) in [5.41, 5.74) is 0.484. The number of carbonyl (C=O) groups is 2. The molecule has 3 rings (SSSR count). The summed E-state index contributed by atoms with van der Waals surface area (Å²) in [5.74, 6) is -0.646.